The van der Waals surface area contributed by atoms with Crippen molar-refractivity contribution in [2.45, 2.75) is 51.0 Å². The number of imidazole rings is 1. The Morgan fingerprint density at radius 1 is 1.23 bits per heavy atom. The molecular formula is C19H24N4O3. The van der Waals surface area contributed by atoms with Crippen LogP contribution in [0.1, 0.15) is 30.7 Å². The van der Waals surface area contributed by atoms with Crippen LogP contribution in [0.15, 0.2) is 42.7 Å². The van der Waals surface area contributed by atoms with Gasteiger partial charge in [-0.2, -0.15) is 0 Å². The Bertz CT molecular complexity index is 744. The predicted octanol–water partition coefficient (Wildman–Crippen LogP) is 1.17. The van der Waals surface area contributed by atoms with Gasteiger partial charge in [0.2, 0.25) is 11.8 Å². The number of hydrogen-bond acceptors (Lipinski definition) is 4. The zero-order valence-corrected chi connectivity index (χ0v) is 14.6. The third-order valence-corrected chi connectivity index (χ3v) is 4.56. The predicted molar refractivity (Wildman–Crippen MR) is 95.9 cm³/mol. The Kier molecular flexibility index (Phi) is 6.01. The van der Waals surface area contributed by atoms with Crippen LogP contribution in [-0.4, -0.2) is 33.6 Å². The highest BCUT2D eigenvalue weighted by Gasteiger charge is 2.33. The van der Waals surface area contributed by atoms with Gasteiger partial charge in [0, 0.05) is 18.9 Å². The van der Waals surface area contributed by atoms with Gasteiger partial charge in [-0.05, 0) is 31.2 Å². The van der Waals surface area contributed by atoms with E-state index in [-0.39, 0.29) is 5.91 Å². The summed E-state index contributed by atoms with van der Waals surface area (Å²) in [6.07, 6.45) is 5.36. The van der Waals surface area contributed by atoms with E-state index in [1.807, 2.05) is 29.0 Å². The third kappa shape index (κ3) is 4.70. The van der Waals surface area contributed by atoms with Crippen LogP contribution in [0, 0.1) is 0 Å². The molecule has 1 aliphatic rings. The van der Waals surface area contributed by atoms with Gasteiger partial charge in [-0.3, -0.25) is 9.59 Å². The van der Waals surface area contributed by atoms with E-state index in [2.05, 4.69) is 22.4 Å². The first-order valence-corrected chi connectivity index (χ1v) is 8.90. The number of aromatic nitrogens is 2. The van der Waals surface area contributed by atoms with E-state index in [1.165, 1.54) is 5.56 Å². The average Bonchev–Trinajstić information content (AvgIpc) is 3.30. The molecule has 1 fully saturated rings. The molecule has 2 heterocycles. The fraction of sp³-hybridized carbons (Fsp3) is 0.421. The van der Waals surface area contributed by atoms with Crippen molar-refractivity contribution in [2.75, 3.05) is 0 Å². The molecule has 7 nitrogen and oxygen atoms in total. The highest BCUT2D eigenvalue weighted by molar-refractivity contribution is 5.84. The second-order valence-corrected chi connectivity index (χ2v) is 6.44. The SMILES string of the molecule is NC(=O)[C@H]1CC[C@H](C(=O)NCc2nccn2CCCc2ccccc2)O1. The number of nitrogens with two attached hydrogens (primary N) is 1. The maximum Gasteiger partial charge on any atom is 0.249 e. The number of benzene rings is 1. The molecule has 7 heteroatoms. The smallest absolute Gasteiger partial charge is 0.249 e. The van der Waals surface area contributed by atoms with Gasteiger partial charge in [-0.1, -0.05) is 30.3 Å². The molecule has 0 bridgehead atoms. The number of rotatable bonds is 8. The standard InChI is InChI=1S/C19H24N4O3/c20-18(24)15-8-9-16(26-15)19(25)22-13-17-21-10-12-23(17)11-4-7-14-5-2-1-3-6-14/h1-3,5-6,10,12,15-16H,4,7-9,11,13H2,(H2,20,24)(H,22,25)/t15-,16-/m1/s1. The van der Waals surface area contributed by atoms with Crippen LogP contribution in [0.2, 0.25) is 0 Å². The molecule has 138 valence electrons. The first kappa shape index (κ1) is 18.1. The van der Waals surface area contributed by atoms with Crippen molar-refractivity contribution in [3.05, 3.63) is 54.1 Å². The van der Waals surface area contributed by atoms with Crippen LogP contribution in [0.25, 0.3) is 0 Å². The number of carbonyl (C=O) groups excluding carboxylic acids is 2. The minimum Gasteiger partial charge on any atom is -0.367 e. The van der Waals surface area contributed by atoms with E-state index in [0.29, 0.717) is 19.4 Å². The number of aryl methyl sites for hydroxylation is 2. The number of nitrogens with one attached hydrogen (secondary N) is 1. The van der Waals surface area contributed by atoms with E-state index in [0.717, 1.165) is 25.2 Å². The number of primary amides is 1. The summed E-state index contributed by atoms with van der Waals surface area (Å²) in [5.74, 6) is 0.0534. The van der Waals surface area contributed by atoms with E-state index >= 15 is 0 Å². The number of nitrogens with zero attached hydrogens (tertiary/aromatic N) is 2. The number of amides is 2. The van der Waals surface area contributed by atoms with Crippen LogP contribution in [0.5, 0.6) is 0 Å². The fourth-order valence-electron chi connectivity index (χ4n) is 3.13. The van der Waals surface area contributed by atoms with Crippen LogP contribution in [0.3, 0.4) is 0 Å². The zero-order chi connectivity index (χ0) is 18.4. The highest BCUT2D eigenvalue weighted by atomic mass is 16.5. The lowest BCUT2D eigenvalue weighted by atomic mass is 10.1. The molecule has 0 radical (unpaired) electrons. The Hall–Kier alpha value is -2.67. The summed E-state index contributed by atoms with van der Waals surface area (Å²) in [5, 5.41) is 2.84. The molecule has 3 rings (SSSR count). The number of ether oxygens (including phenoxy) is 1. The van der Waals surface area contributed by atoms with Gasteiger partial charge in [0.1, 0.15) is 18.0 Å². The van der Waals surface area contributed by atoms with Crippen LogP contribution >= 0.6 is 0 Å². The van der Waals surface area contributed by atoms with Gasteiger partial charge < -0.3 is 20.4 Å². The highest BCUT2D eigenvalue weighted by Crippen LogP contribution is 2.19. The summed E-state index contributed by atoms with van der Waals surface area (Å²) in [5.41, 5.74) is 6.52. The minimum atomic E-state index is -0.661. The Labute approximate surface area is 152 Å². The molecule has 0 spiro atoms. The molecule has 1 aromatic carbocycles. The first-order valence-electron chi connectivity index (χ1n) is 8.90. The maximum absolute atomic E-state index is 12.2. The van der Waals surface area contributed by atoms with Crippen molar-refractivity contribution < 1.29 is 14.3 Å². The van der Waals surface area contributed by atoms with E-state index in [1.54, 1.807) is 6.20 Å². The Morgan fingerprint density at radius 2 is 2.00 bits per heavy atom. The summed E-state index contributed by atoms with van der Waals surface area (Å²) in [4.78, 5) is 27.6. The van der Waals surface area contributed by atoms with Gasteiger partial charge in [0.25, 0.3) is 0 Å². The topological polar surface area (TPSA) is 99.2 Å². The van der Waals surface area contributed by atoms with Crippen LogP contribution in [0.4, 0.5) is 0 Å². The molecule has 3 N–H and O–H groups in total. The molecule has 0 saturated carbocycles. The summed E-state index contributed by atoms with van der Waals surface area (Å²) in [6.45, 7) is 1.17. The third-order valence-electron chi connectivity index (χ3n) is 4.56. The number of hydrogen-bond donors (Lipinski definition) is 2. The Morgan fingerprint density at radius 3 is 2.73 bits per heavy atom. The summed E-state index contributed by atoms with van der Waals surface area (Å²) in [6, 6.07) is 10.3. The lowest BCUT2D eigenvalue weighted by molar-refractivity contribution is -0.137. The van der Waals surface area contributed by atoms with E-state index < -0.39 is 18.1 Å². The second kappa shape index (κ2) is 8.62. The zero-order valence-electron chi connectivity index (χ0n) is 14.6. The van der Waals surface area contributed by atoms with E-state index in [4.69, 9.17) is 10.5 Å². The monoisotopic (exact) mass is 356 g/mol. The average molecular weight is 356 g/mol. The van der Waals surface area contributed by atoms with Crippen molar-refractivity contribution in [3.63, 3.8) is 0 Å². The molecule has 1 aliphatic heterocycles. The summed E-state index contributed by atoms with van der Waals surface area (Å²) >= 11 is 0. The second-order valence-electron chi connectivity index (χ2n) is 6.44. The van der Waals surface area contributed by atoms with Gasteiger partial charge in [-0.25, -0.2) is 4.98 Å². The normalized spacial score (nSPS) is 19.4. The molecule has 2 atom stereocenters. The molecule has 1 saturated heterocycles. The Balaban J connectivity index is 1.45. The summed E-state index contributed by atoms with van der Waals surface area (Å²) < 4.78 is 7.43. The van der Waals surface area contributed by atoms with Crippen LogP contribution in [-0.2, 0) is 33.8 Å². The molecule has 2 amide bonds. The molecule has 0 aliphatic carbocycles. The molecule has 2 aromatic rings. The van der Waals surface area contributed by atoms with Crippen LogP contribution < -0.4 is 11.1 Å². The van der Waals surface area contributed by atoms with E-state index in [9.17, 15) is 9.59 Å². The van der Waals surface area contributed by atoms with Gasteiger partial charge in [0.15, 0.2) is 0 Å². The fourth-order valence-corrected chi connectivity index (χ4v) is 3.13. The van der Waals surface area contributed by atoms with Gasteiger partial charge in [0.05, 0.1) is 6.54 Å². The summed E-state index contributed by atoms with van der Waals surface area (Å²) in [7, 11) is 0. The van der Waals surface area contributed by atoms with Gasteiger partial charge in [-0.15, -0.1) is 0 Å². The van der Waals surface area contributed by atoms with Crippen molar-refractivity contribution in [1.82, 2.24) is 14.9 Å². The first-order chi connectivity index (χ1) is 12.6. The van der Waals surface area contributed by atoms with Crippen molar-refractivity contribution in [2.24, 2.45) is 5.73 Å². The van der Waals surface area contributed by atoms with Gasteiger partial charge >= 0.3 is 0 Å². The molecular weight excluding hydrogens is 332 g/mol. The van der Waals surface area contributed by atoms with Crippen molar-refractivity contribution >= 4 is 11.8 Å². The van der Waals surface area contributed by atoms with Crippen molar-refractivity contribution in [1.29, 1.82) is 0 Å². The molecule has 0 unspecified atom stereocenters. The minimum absolute atomic E-state index is 0.229. The lowest BCUT2D eigenvalue weighted by Crippen LogP contribution is -2.36. The van der Waals surface area contributed by atoms with Crippen molar-refractivity contribution in [3.8, 4) is 0 Å². The maximum atomic E-state index is 12.2. The molecule has 26 heavy (non-hydrogen) atoms. The quantitative estimate of drug-likeness (QED) is 0.741. The largest absolute Gasteiger partial charge is 0.367 e. The lowest BCUT2D eigenvalue weighted by Gasteiger charge is -2.13. The molecule has 1 aromatic heterocycles. The number of carbonyl (C=O) groups is 2.